The lowest BCUT2D eigenvalue weighted by Crippen LogP contribution is -2.23. The van der Waals surface area contributed by atoms with Gasteiger partial charge in [-0.05, 0) is 42.3 Å². The van der Waals surface area contributed by atoms with Gasteiger partial charge in [0.2, 0.25) is 5.91 Å². The fourth-order valence-corrected chi connectivity index (χ4v) is 3.05. The van der Waals surface area contributed by atoms with Gasteiger partial charge >= 0.3 is 0 Å². The summed E-state index contributed by atoms with van der Waals surface area (Å²) >= 11 is 0. The Bertz CT molecular complexity index is 1090. The first-order chi connectivity index (χ1) is 13.8. The molecule has 0 fully saturated rings. The van der Waals surface area contributed by atoms with Gasteiger partial charge in [-0.25, -0.2) is 4.68 Å². The second kappa shape index (κ2) is 8.31. The highest BCUT2D eigenvalue weighted by Crippen LogP contribution is 2.17. The molecule has 138 valence electrons. The van der Waals surface area contributed by atoms with E-state index in [0.29, 0.717) is 6.54 Å². The van der Waals surface area contributed by atoms with Gasteiger partial charge in [0.1, 0.15) is 0 Å². The Labute approximate surface area is 163 Å². The summed E-state index contributed by atoms with van der Waals surface area (Å²) < 4.78 is 1.82. The minimum absolute atomic E-state index is 0.110. The molecule has 28 heavy (non-hydrogen) atoms. The molecule has 5 nitrogen and oxygen atoms in total. The number of carbonyl (C=O) groups is 1. The number of rotatable bonds is 6. The van der Waals surface area contributed by atoms with Crippen LogP contribution in [0, 0.1) is 0 Å². The highest BCUT2D eigenvalue weighted by molar-refractivity contribution is 5.95. The maximum atomic E-state index is 12.1. The van der Waals surface area contributed by atoms with Crippen LogP contribution in [0.3, 0.4) is 0 Å². The molecule has 2 heterocycles. The minimum atomic E-state index is -0.110. The van der Waals surface area contributed by atoms with E-state index in [4.69, 9.17) is 0 Å². The van der Waals surface area contributed by atoms with Gasteiger partial charge in [0.25, 0.3) is 0 Å². The molecule has 2 aromatic heterocycles. The molecule has 0 bridgehead atoms. The molecule has 0 spiro atoms. The monoisotopic (exact) mass is 368 g/mol. The van der Waals surface area contributed by atoms with Gasteiger partial charge in [-0.15, -0.1) is 0 Å². The van der Waals surface area contributed by atoms with Crippen LogP contribution in [0.25, 0.3) is 22.7 Å². The van der Waals surface area contributed by atoms with Crippen LogP contribution in [0.15, 0.2) is 85.3 Å². The lowest BCUT2D eigenvalue weighted by atomic mass is 10.1. The van der Waals surface area contributed by atoms with Crippen LogP contribution in [0.2, 0.25) is 0 Å². The molecule has 4 aromatic rings. The zero-order chi connectivity index (χ0) is 19.2. The maximum Gasteiger partial charge on any atom is 0.244 e. The van der Waals surface area contributed by atoms with Crippen LogP contribution in [0.1, 0.15) is 11.1 Å². The zero-order valence-electron chi connectivity index (χ0n) is 15.3. The molecular formula is C23H20N4O. The molecule has 0 aliphatic heterocycles. The highest BCUT2D eigenvalue weighted by atomic mass is 16.1. The number of hydrogen-bond donors (Lipinski definition) is 1. The number of pyridine rings is 1. The Morgan fingerprint density at radius 2 is 1.86 bits per heavy atom. The smallest absolute Gasteiger partial charge is 0.244 e. The average molecular weight is 368 g/mol. The Kier molecular flexibility index (Phi) is 5.24. The van der Waals surface area contributed by atoms with E-state index >= 15 is 0 Å². The molecule has 5 heteroatoms. The van der Waals surface area contributed by atoms with Crippen LogP contribution in [-0.2, 0) is 11.2 Å². The van der Waals surface area contributed by atoms with Crippen molar-refractivity contribution in [3.8, 4) is 5.69 Å². The fourth-order valence-electron chi connectivity index (χ4n) is 3.05. The van der Waals surface area contributed by atoms with Gasteiger partial charge in [0.05, 0.1) is 11.2 Å². The summed E-state index contributed by atoms with van der Waals surface area (Å²) in [5.74, 6) is -0.110. The van der Waals surface area contributed by atoms with Gasteiger partial charge in [-0.1, -0.05) is 36.4 Å². The van der Waals surface area contributed by atoms with E-state index in [1.54, 1.807) is 18.5 Å². The number of aromatic nitrogens is 3. The average Bonchev–Trinajstić information content (AvgIpc) is 3.28. The van der Waals surface area contributed by atoms with Crippen LogP contribution in [-0.4, -0.2) is 27.2 Å². The van der Waals surface area contributed by atoms with Crippen molar-refractivity contribution in [1.82, 2.24) is 20.1 Å². The number of nitrogens with one attached hydrogen (secondary N) is 1. The Hall–Kier alpha value is -3.73. The quantitative estimate of drug-likeness (QED) is 0.527. The summed E-state index contributed by atoms with van der Waals surface area (Å²) in [4.78, 5) is 16.5. The number of fused-ring (bicyclic) bond motifs is 1. The van der Waals surface area contributed by atoms with Gasteiger partial charge < -0.3 is 5.32 Å². The summed E-state index contributed by atoms with van der Waals surface area (Å²) in [6.07, 6.45) is 9.57. The first-order valence-electron chi connectivity index (χ1n) is 9.18. The SMILES string of the molecule is O=C(/C=C/c1cccc2cccnc12)NCCc1ccc(-n2cccn2)cc1. The van der Waals surface area contributed by atoms with Crippen molar-refractivity contribution in [2.75, 3.05) is 6.54 Å². The fraction of sp³-hybridized carbons (Fsp3) is 0.0870. The van der Waals surface area contributed by atoms with Crippen molar-refractivity contribution >= 4 is 22.9 Å². The van der Waals surface area contributed by atoms with E-state index in [0.717, 1.165) is 28.6 Å². The largest absolute Gasteiger partial charge is 0.352 e. The molecule has 1 amide bonds. The highest BCUT2D eigenvalue weighted by Gasteiger charge is 2.01. The zero-order valence-corrected chi connectivity index (χ0v) is 15.3. The molecule has 0 saturated carbocycles. The standard InChI is InChI=1S/C23H20N4O/c28-22(12-9-20-5-1-4-19-6-2-14-25-23(19)20)24-16-13-18-7-10-21(11-8-18)27-17-3-15-26-27/h1-12,14-15,17H,13,16H2,(H,24,28)/b12-9+. The molecule has 0 aliphatic rings. The van der Waals surface area contributed by atoms with E-state index < -0.39 is 0 Å². The Morgan fingerprint density at radius 1 is 1.00 bits per heavy atom. The normalized spacial score (nSPS) is 11.1. The van der Waals surface area contributed by atoms with Gasteiger partial charge in [0, 0.05) is 42.2 Å². The van der Waals surface area contributed by atoms with E-state index in [1.807, 2.05) is 65.5 Å². The van der Waals surface area contributed by atoms with E-state index in [1.165, 1.54) is 5.56 Å². The third-order valence-electron chi connectivity index (χ3n) is 4.50. The summed E-state index contributed by atoms with van der Waals surface area (Å²) in [6.45, 7) is 0.581. The predicted octanol–water partition coefficient (Wildman–Crippen LogP) is 3.79. The van der Waals surface area contributed by atoms with E-state index in [2.05, 4.69) is 27.5 Å². The Morgan fingerprint density at radius 3 is 2.68 bits per heavy atom. The van der Waals surface area contributed by atoms with E-state index in [9.17, 15) is 4.79 Å². The topological polar surface area (TPSA) is 59.8 Å². The summed E-state index contributed by atoms with van der Waals surface area (Å²) in [5.41, 5.74) is 4.01. The lowest BCUT2D eigenvalue weighted by molar-refractivity contribution is -0.116. The molecule has 1 N–H and O–H groups in total. The molecular weight excluding hydrogens is 348 g/mol. The molecule has 0 saturated heterocycles. The van der Waals surface area contributed by atoms with Crippen molar-refractivity contribution in [2.45, 2.75) is 6.42 Å². The number of hydrogen-bond acceptors (Lipinski definition) is 3. The lowest BCUT2D eigenvalue weighted by Gasteiger charge is -2.05. The maximum absolute atomic E-state index is 12.1. The van der Waals surface area contributed by atoms with Gasteiger partial charge in [-0.3, -0.25) is 9.78 Å². The number of nitrogens with zero attached hydrogens (tertiary/aromatic N) is 3. The van der Waals surface area contributed by atoms with Crippen molar-refractivity contribution in [3.05, 3.63) is 96.5 Å². The minimum Gasteiger partial charge on any atom is -0.352 e. The van der Waals surface area contributed by atoms with Crippen molar-refractivity contribution in [2.24, 2.45) is 0 Å². The molecule has 2 aromatic carbocycles. The van der Waals surface area contributed by atoms with Crippen molar-refractivity contribution in [1.29, 1.82) is 0 Å². The summed E-state index contributed by atoms with van der Waals surface area (Å²) in [6, 6.07) is 19.9. The van der Waals surface area contributed by atoms with Gasteiger partial charge in [-0.2, -0.15) is 5.10 Å². The third kappa shape index (κ3) is 4.15. The van der Waals surface area contributed by atoms with Crippen LogP contribution < -0.4 is 5.32 Å². The van der Waals surface area contributed by atoms with Crippen LogP contribution in [0.5, 0.6) is 0 Å². The molecule has 0 atom stereocenters. The molecule has 0 unspecified atom stereocenters. The van der Waals surface area contributed by atoms with Crippen LogP contribution in [0.4, 0.5) is 0 Å². The van der Waals surface area contributed by atoms with Gasteiger partial charge in [0.15, 0.2) is 0 Å². The first-order valence-corrected chi connectivity index (χ1v) is 9.18. The predicted molar refractivity (Wildman–Crippen MR) is 111 cm³/mol. The second-order valence-corrected chi connectivity index (χ2v) is 6.41. The number of amides is 1. The molecule has 4 rings (SSSR count). The first kappa shape index (κ1) is 17.7. The number of carbonyl (C=O) groups excluding carboxylic acids is 1. The van der Waals surface area contributed by atoms with Crippen molar-refractivity contribution in [3.63, 3.8) is 0 Å². The number of benzene rings is 2. The second-order valence-electron chi connectivity index (χ2n) is 6.41. The van der Waals surface area contributed by atoms with Crippen molar-refractivity contribution < 1.29 is 4.79 Å². The summed E-state index contributed by atoms with van der Waals surface area (Å²) in [5, 5.41) is 8.20. The molecule has 0 aliphatic carbocycles. The molecule has 0 radical (unpaired) electrons. The van der Waals surface area contributed by atoms with E-state index in [-0.39, 0.29) is 5.91 Å². The van der Waals surface area contributed by atoms with Crippen LogP contribution >= 0.6 is 0 Å². The number of para-hydroxylation sites is 1. The Balaban J connectivity index is 1.31. The third-order valence-corrected chi connectivity index (χ3v) is 4.50. The summed E-state index contributed by atoms with van der Waals surface area (Å²) in [7, 11) is 0.